The van der Waals surface area contributed by atoms with Crippen LogP contribution in [0.1, 0.15) is 85.6 Å². The maximum atomic E-state index is 14.1. The second-order valence-corrected chi connectivity index (χ2v) is 21.1. The standard InChI is InChI=1S/C47H62N4O7Si/c1-8-32(2)42-46(56)51-30-18-24-40(51)45(55)48-38(43(53)49-39(44(54)50-42)31-34-26-28-35(57-7)29-27-34)23-16-11-17-25-41(52)33(3)58-59(47(4,5)6,36-19-12-9-13-20-36)37-21-14-10-15-22-37/h9-10,12-15,17,19-22,25-29,32-33,38-40,42H,8,11,16,18,23-24,30-31H2,1-7H3,(H,48,55)(H,49,53)(H,50,54)/b25-17+/t32-,33+,38-,39+,40+,42-/m0/s1. The monoisotopic (exact) mass is 822 g/mol. The van der Waals surface area contributed by atoms with Crippen molar-refractivity contribution in [3.63, 3.8) is 0 Å². The Kier molecular flexibility index (Phi) is 15.5. The van der Waals surface area contributed by atoms with E-state index in [-0.39, 0.29) is 35.5 Å². The third-order valence-electron chi connectivity index (χ3n) is 11.8. The van der Waals surface area contributed by atoms with Crippen LogP contribution in [-0.4, -0.2) is 86.6 Å². The molecular formula is C47H62N4O7Si. The summed E-state index contributed by atoms with van der Waals surface area (Å²) in [6.07, 6.45) is 5.67. The zero-order valence-corrected chi connectivity index (χ0v) is 36.7. The quantitative estimate of drug-likeness (QED) is 0.111. The Labute approximate surface area is 350 Å². The molecule has 316 valence electrons. The van der Waals surface area contributed by atoms with Gasteiger partial charge in [-0.1, -0.05) is 120 Å². The lowest BCUT2D eigenvalue weighted by molar-refractivity contribution is -0.144. The molecule has 0 radical (unpaired) electrons. The summed E-state index contributed by atoms with van der Waals surface area (Å²) in [6.45, 7) is 12.6. The van der Waals surface area contributed by atoms with Crippen LogP contribution in [0.4, 0.5) is 0 Å². The van der Waals surface area contributed by atoms with Gasteiger partial charge in [-0.3, -0.25) is 24.0 Å². The highest BCUT2D eigenvalue weighted by Crippen LogP contribution is 2.37. The lowest BCUT2D eigenvalue weighted by Gasteiger charge is -2.44. The number of ketones is 1. The fourth-order valence-electron chi connectivity index (χ4n) is 8.22. The van der Waals surface area contributed by atoms with Gasteiger partial charge in [0, 0.05) is 13.0 Å². The maximum absolute atomic E-state index is 14.1. The Balaban J connectivity index is 1.32. The summed E-state index contributed by atoms with van der Waals surface area (Å²) < 4.78 is 12.3. The number of methoxy groups -OCH3 is 1. The molecule has 0 aliphatic carbocycles. The van der Waals surface area contributed by atoms with Crippen LogP contribution in [0.15, 0.2) is 97.1 Å². The number of nitrogens with one attached hydrogen (secondary N) is 3. The number of allylic oxidation sites excluding steroid dienone is 1. The van der Waals surface area contributed by atoms with E-state index in [4.69, 9.17) is 9.16 Å². The van der Waals surface area contributed by atoms with E-state index in [0.29, 0.717) is 44.4 Å². The van der Waals surface area contributed by atoms with Crippen LogP contribution in [0.5, 0.6) is 5.75 Å². The van der Waals surface area contributed by atoms with Gasteiger partial charge >= 0.3 is 0 Å². The van der Waals surface area contributed by atoms with Crippen molar-refractivity contribution in [2.75, 3.05) is 13.7 Å². The molecule has 0 aromatic heterocycles. The van der Waals surface area contributed by atoms with Crippen molar-refractivity contribution in [1.29, 1.82) is 0 Å². The van der Waals surface area contributed by atoms with Gasteiger partial charge in [-0.15, -0.1) is 0 Å². The number of amides is 4. The maximum Gasteiger partial charge on any atom is 0.262 e. The van der Waals surface area contributed by atoms with E-state index in [1.54, 1.807) is 43.2 Å². The summed E-state index contributed by atoms with van der Waals surface area (Å²) >= 11 is 0. The smallest absolute Gasteiger partial charge is 0.262 e. The molecule has 5 rings (SSSR count). The molecule has 2 heterocycles. The molecule has 0 spiro atoms. The van der Waals surface area contributed by atoms with Gasteiger partial charge in [0.05, 0.1) is 7.11 Å². The first-order valence-electron chi connectivity index (χ1n) is 21.0. The molecule has 2 fully saturated rings. The van der Waals surface area contributed by atoms with Crippen LogP contribution in [0.2, 0.25) is 5.04 Å². The van der Waals surface area contributed by atoms with E-state index in [0.717, 1.165) is 15.9 Å². The molecular weight excluding hydrogens is 761 g/mol. The fourth-order valence-corrected chi connectivity index (χ4v) is 12.9. The molecule has 3 aromatic rings. The highest BCUT2D eigenvalue weighted by atomic mass is 28.4. The van der Waals surface area contributed by atoms with Gasteiger partial charge in [-0.05, 0) is 84.1 Å². The molecule has 2 aliphatic heterocycles. The summed E-state index contributed by atoms with van der Waals surface area (Å²) in [5.41, 5.74) is 0.785. The minimum Gasteiger partial charge on any atom is -0.497 e. The van der Waals surface area contributed by atoms with Gasteiger partial charge in [0.1, 0.15) is 36.0 Å². The molecule has 0 unspecified atom stereocenters. The summed E-state index contributed by atoms with van der Waals surface area (Å²) in [5.74, 6) is -1.35. The van der Waals surface area contributed by atoms with E-state index >= 15 is 0 Å². The van der Waals surface area contributed by atoms with Gasteiger partial charge in [-0.2, -0.15) is 0 Å². The molecule has 12 heteroatoms. The summed E-state index contributed by atoms with van der Waals surface area (Å²) in [4.78, 5) is 71.2. The van der Waals surface area contributed by atoms with Gasteiger partial charge < -0.3 is 30.0 Å². The van der Waals surface area contributed by atoms with Crippen LogP contribution in [0.25, 0.3) is 0 Å². The molecule has 4 amide bonds. The van der Waals surface area contributed by atoms with Crippen molar-refractivity contribution in [2.24, 2.45) is 5.92 Å². The zero-order chi connectivity index (χ0) is 42.7. The molecule has 2 saturated heterocycles. The number of hydrogen-bond acceptors (Lipinski definition) is 7. The summed E-state index contributed by atoms with van der Waals surface area (Å²) in [7, 11) is -1.38. The fraction of sp³-hybridized carbons (Fsp3) is 0.468. The first-order chi connectivity index (χ1) is 28.2. The molecule has 59 heavy (non-hydrogen) atoms. The number of benzene rings is 3. The molecule has 3 N–H and O–H groups in total. The number of rotatable bonds is 15. The van der Waals surface area contributed by atoms with Gasteiger partial charge in [0.15, 0.2) is 5.78 Å². The number of hydrogen-bond donors (Lipinski definition) is 3. The Hall–Kier alpha value is -5.07. The van der Waals surface area contributed by atoms with Crippen molar-refractivity contribution < 1.29 is 33.1 Å². The van der Waals surface area contributed by atoms with Crippen molar-refractivity contribution >= 4 is 48.1 Å². The predicted molar refractivity (Wildman–Crippen MR) is 233 cm³/mol. The summed E-state index contributed by atoms with van der Waals surface area (Å²) in [6, 6.07) is 24.0. The number of ether oxygens (including phenoxy) is 1. The lowest BCUT2D eigenvalue weighted by atomic mass is 9.95. The average Bonchev–Trinajstić information content (AvgIpc) is 3.74. The van der Waals surface area contributed by atoms with Crippen molar-refractivity contribution in [3.05, 3.63) is 103 Å². The summed E-state index contributed by atoms with van der Waals surface area (Å²) in [5, 5.41) is 10.7. The number of nitrogens with zero attached hydrogens (tertiary/aromatic N) is 1. The molecule has 0 saturated carbocycles. The third kappa shape index (κ3) is 10.8. The van der Waals surface area contributed by atoms with E-state index in [1.165, 1.54) is 0 Å². The predicted octanol–water partition coefficient (Wildman–Crippen LogP) is 5.00. The largest absolute Gasteiger partial charge is 0.497 e. The minimum atomic E-state index is -2.95. The third-order valence-corrected chi connectivity index (χ3v) is 16.9. The number of unbranched alkanes of at least 4 members (excludes halogenated alkanes) is 1. The van der Waals surface area contributed by atoms with Crippen molar-refractivity contribution in [3.8, 4) is 5.75 Å². The first-order valence-corrected chi connectivity index (χ1v) is 22.9. The number of carbonyl (C=O) groups excluding carboxylic acids is 5. The number of fused-ring (bicyclic) bond motifs is 1. The van der Waals surface area contributed by atoms with E-state index < -0.39 is 56.3 Å². The number of carbonyl (C=O) groups is 5. The van der Waals surface area contributed by atoms with Gasteiger partial charge in [-0.25, -0.2) is 0 Å². The molecule has 3 aromatic carbocycles. The topological polar surface area (TPSA) is 143 Å². The Bertz CT molecular complexity index is 1890. The zero-order valence-electron chi connectivity index (χ0n) is 35.7. The normalized spacial score (nSPS) is 21.7. The molecule has 2 aliphatic rings. The van der Waals surface area contributed by atoms with Crippen LogP contribution >= 0.6 is 0 Å². The molecule has 0 bridgehead atoms. The van der Waals surface area contributed by atoms with E-state index in [1.807, 2.05) is 62.4 Å². The second-order valence-electron chi connectivity index (χ2n) is 16.9. The van der Waals surface area contributed by atoms with Crippen molar-refractivity contribution in [1.82, 2.24) is 20.9 Å². The Morgan fingerprint density at radius 3 is 2.02 bits per heavy atom. The molecule has 11 nitrogen and oxygen atoms in total. The highest BCUT2D eigenvalue weighted by molar-refractivity contribution is 6.99. The second kappa shape index (κ2) is 20.3. The van der Waals surface area contributed by atoms with Crippen molar-refractivity contribution in [2.45, 2.75) is 122 Å². The van der Waals surface area contributed by atoms with Gasteiger partial charge in [0.2, 0.25) is 23.6 Å². The Morgan fingerprint density at radius 1 is 0.847 bits per heavy atom. The van der Waals surface area contributed by atoms with Gasteiger partial charge in [0.25, 0.3) is 8.32 Å². The van der Waals surface area contributed by atoms with E-state index in [9.17, 15) is 24.0 Å². The lowest BCUT2D eigenvalue weighted by Crippen LogP contribution is -2.68. The van der Waals surface area contributed by atoms with Crippen LogP contribution in [0, 0.1) is 5.92 Å². The van der Waals surface area contributed by atoms with Crippen LogP contribution < -0.4 is 31.1 Å². The SMILES string of the molecule is CC[C@H](C)[C@@H]1NC(=O)[C@@H](Cc2ccc(OC)cc2)NC(=O)[C@H](CCC/C=C/C(=O)[C@@H](C)O[Si](c2ccccc2)(c2ccccc2)C(C)(C)C)NC(=O)[C@H]2CCCN2C1=O. The van der Waals surface area contributed by atoms with E-state index in [2.05, 4.69) is 61.0 Å². The average molecular weight is 823 g/mol. The Morgan fingerprint density at radius 2 is 1.44 bits per heavy atom. The molecule has 6 atom stereocenters. The minimum absolute atomic E-state index is 0.162. The van der Waals surface area contributed by atoms with Crippen LogP contribution in [-0.2, 0) is 34.8 Å². The van der Waals surface area contributed by atoms with Crippen LogP contribution in [0.3, 0.4) is 0 Å². The highest BCUT2D eigenvalue weighted by Gasteiger charge is 2.51. The first kappa shape index (κ1) is 45.0.